The second kappa shape index (κ2) is 6.96. The zero-order valence-electron chi connectivity index (χ0n) is 13.0. The molecule has 0 radical (unpaired) electrons. The Morgan fingerprint density at radius 1 is 1.33 bits per heavy atom. The van der Waals surface area contributed by atoms with Crippen LogP contribution in [0.5, 0.6) is 0 Å². The number of amides is 1. The number of carbonyl (C=O) groups is 1. The highest BCUT2D eigenvalue weighted by Gasteiger charge is 2.40. The molecule has 1 heterocycles. The minimum absolute atomic E-state index is 0.176. The molecule has 7 heteroatoms. The molecule has 0 aromatic rings. The molecule has 4 unspecified atom stereocenters. The first kappa shape index (κ1) is 18.2. The van der Waals surface area contributed by atoms with E-state index in [9.17, 15) is 18.0 Å². The molecule has 0 bridgehead atoms. The van der Waals surface area contributed by atoms with E-state index in [1.54, 1.807) is 11.8 Å². The zero-order chi connectivity index (χ0) is 16.4. The van der Waals surface area contributed by atoms with Crippen molar-refractivity contribution in [1.29, 1.82) is 0 Å². The quantitative estimate of drug-likeness (QED) is 0.860. The maximum atomic E-state index is 12.4. The van der Waals surface area contributed by atoms with Crippen LogP contribution in [0.3, 0.4) is 0 Å². The van der Waals surface area contributed by atoms with Crippen LogP contribution in [0.4, 0.5) is 13.2 Å². The van der Waals surface area contributed by atoms with Crippen LogP contribution in [0, 0.1) is 11.8 Å². The van der Waals surface area contributed by atoms with Crippen LogP contribution in [-0.4, -0.2) is 65.8 Å². The lowest BCUT2D eigenvalue weighted by molar-refractivity contribution is -0.208. The van der Waals surface area contributed by atoms with Gasteiger partial charge in [-0.25, -0.2) is 0 Å². The lowest BCUT2D eigenvalue weighted by Gasteiger charge is -2.38. The summed E-state index contributed by atoms with van der Waals surface area (Å²) in [6, 6.07) is -0.681. The molecule has 4 atom stereocenters. The summed E-state index contributed by atoms with van der Waals surface area (Å²) >= 11 is 0. The van der Waals surface area contributed by atoms with Crippen molar-refractivity contribution in [2.75, 3.05) is 26.7 Å². The number of likely N-dealkylation sites (N-methyl/N-ethyl adjacent to an activating group) is 1. The molecule has 1 aliphatic rings. The van der Waals surface area contributed by atoms with E-state index in [1.165, 1.54) is 11.9 Å². The van der Waals surface area contributed by atoms with Gasteiger partial charge in [0.1, 0.15) is 0 Å². The minimum atomic E-state index is -4.66. The number of halogens is 3. The van der Waals surface area contributed by atoms with Gasteiger partial charge < -0.3 is 10.0 Å². The first-order valence-corrected chi connectivity index (χ1v) is 7.26. The second-order valence-electron chi connectivity index (χ2n) is 6.36. The number of hydrogen-bond acceptors (Lipinski definition) is 3. The number of likely N-dealkylation sites (tertiary alicyclic amines) is 1. The monoisotopic (exact) mass is 310 g/mol. The molecule has 0 spiro atoms. The normalized spacial score (nSPS) is 26.8. The Balaban J connectivity index is 2.60. The zero-order valence-corrected chi connectivity index (χ0v) is 13.0. The maximum absolute atomic E-state index is 12.4. The van der Waals surface area contributed by atoms with Gasteiger partial charge in [0.2, 0.25) is 5.91 Å². The molecule has 0 aromatic heterocycles. The van der Waals surface area contributed by atoms with E-state index in [0.717, 1.165) is 6.42 Å². The van der Waals surface area contributed by atoms with Crippen LogP contribution >= 0.6 is 0 Å². The van der Waals surface area contributed by atoms with Crippen molar-refractivity contribution in [3.05, 3.63) is 0 Å². The molecule has 0 aromatic carbocycles. The molecule has 4 nitrogen and oxygen atoms in total. The van der Waals surface area contributed by atoms with Gasteiger partial charge in [-0.15, -0.1) is 0 Å². The Kier molecular flexibility index (Phi) is 6.04. The highest BCUT2D eigenvalue weighted by atomic mass is 19.4. The Labute approximate surface area is 123 Å². The van der Waals surface area contributed by atoms with Crippen molar-refractivity contribution in [3.63, 3.8) is 0 Å². The lowest BCUT2D eigenvalue weighted by atomic mass is 9.91. The number of aliphatic hydroxyl groups is 1. The van der Waals surface area contributed by atoms with E-state index < -0.39 is 24.9 Å². The summed E-state index contributed by atoms with van der Waals surface area (Å²) in [5.41, 5.74) is 0. The van der Waals surface area contributed by atoms with E-state index in [1.807, 2.05) is 0 Å². The largest absolute Gasteiger partial charge is 0.415 e. The number of alkyl halides is 3. The first-order chi connectivity index (χ1) is 9.52. The van der Waals surface area contributed by atoms with Gasteiger partial charge in [-0.05, 0) is 32.2 Å². The maximum Gasteiger partial charge on any atom is 0.415 e. The minimum Gasteiger partial charge on any atom is -0.382 e. The van der Waals surface area contributed by atoms with Crippen LogP contribution in [0.15, 0.2) is 0 Å². The molecule has 1 aliphatic heterocycles. The summed E-state index contributed by atoms with van der Waals surface area (Å²) < 4.78 is 37.1. The van der Waals surface area contributed by atoms with Crippen LogP contribution in [0.2, 0.25) is 0 Å². The van der Waals surface area contributed by atoms with Crippen LogP contribution in [0.25, 0.3) is 0 Å². The topological polar surface area (TPSA) is 43.8 Å². The standard InChI is InChI=1S/C14H25F3N2O2/c1-9-5-10(2)7-19(6-9)13(21)11(3)18(4)8-12(20)14(15,16)17/h9-12,20H,5-8H2,1-4H3. The third kappa shape index (κ3) is 5.14. The molecule has 1 N–H and O–H groups in total. The van der Waals surface area contributed by atoms with Crippen LogP contribution < -0.4 is 0 Å². The number of nitrogens with zero attached hydrogens (tertiary/aromatic N) is 2. The molecule has 21 heavy (non-hydrogen) atoms. The summed E-state index contributed by atoms with van der Waals surface area (Å²) in [6.07, 6.45) is -6.04. The van der Waals surface area contributed by atoms with Gasteiger partial charge in [-0.2, -0.15) is 13.2 Å². The molecular formula is C14H25F3N2O2. The number of rotatable bonds is 4. The fourth-order valence-corrected chi connectivity index (χ4v) is 2.83. The van der Waals surface area contributed by atoms with Crippen molar-refractivity contribution in [2.24, 2.45) is 11.8 Å². The molecule has 1 saturated heterocycles. The fraction of sp³-hybridized carbons (Fsp3) is 0.929. The predicted molar refractivity (Wildman–Crippen MR) is 73.7 cm³/mol. The summed E-state index contributed by atoms with van der Waals surface area (Å²) in [4.78, 5) is 15.4. The SMILES string of the molecule is CC1CC(C)CN(C(=O)C(C)N(C)CC(O)C(F)(F)F)C1. The van der Waals surface area contributed by atoms with Gasteiger partial charge >= 0.3 is 6.18 Å². The van der Waals surface area contributed by atoms with Gasteiger partial charge in [-0.3, -0.25) is 9.69 Å². The molecule has 0 saturated carbocycles. The highest BCUT2D eigenvalue weighted by molar-refractivity contribution is 5.81. The number of hydrogen-bond donors (Lipinski definition) is 1. The smallest absolute Gasteiger partial charge is 0.382 e. The summed E-state index contributed by atoms with van der Waals surface area (Å²) in [5, 5.41) is 9.09. The van der Waals surface area contributed by atoms with E-state index in [0.29, 0.717) is 24.9 Å². The van der Waals surface area contributed by atoms with E-state index in [2.05, 4.69) is 13.8 Å². The first-order valence-electron chi connectivity index (χ1n) is 7.26. The van der Waals surface area contributed by atoms with Crippen LogP contribution in [0.1, 0.15) is 27.2 Å². The number of piperidine rings is 1. The number of carbonyl (C=O) groups excluding carboxylic acids is 1. The van der Waals surface area contributed by atoms with Crippen molar-refractivity contribution < 1.29 is 23.1 Å². The van der Waals surface area contributed by atoms with Crippen molar-refractivity contribution in [2.45, 2.75) is 45.5 Å². The average molecular weight is 310 g/mol. The Bertz CT molecular complexity index is 353. The number of aliphatic hydroxyl groups excluding tert-OH is 1. The molecule has 1 amide bonds. The van der Waals surface area contributed by atoms with Gasteiger partial charge in [-0.1, -0.05) is 13.8 Å². The summed E-state index contributed by atoms with van der Waals surface area (Å²) in [5.74, 6) is 0.622. The van der Waals surface area contributed by atoms with Gasteiger partial charge in [0.15, 0.2) is 6.10 Å². The van der Waals surface area contributed by atoms with E-state index >= 15 is 0 Å². The van der Waals surface area contributed by atoms with E-state index in [-0.39, 0.29) is 5.91 Å². The molecule has 1 fully saturated rings. The Morgan fingerprint density at radius 2 is 1.81 bits per heavy atom. The van der Waals surface area contributed by atoms with Crippen molar-refractivity contribution in [1.82, 2.24) is 9.80 Å². The lowest BCUT2D eigenvalue weighted by Crippen LogP contribution is -2.52. The van der Waals surface area contributed by atoms with Crippen LogP contribution in [-0.2, 0) is 4.79 Å². The van der Waals surface area contributed by atoms with Gasteiger partial charge in [0.05, 0.1) is 6.04 Å². The molecule has 1 rings (SSSR count). The third-order valence-electron chi connectivity index (χ3n) is 4.04. The Morgan fingerprint density at radius 3 is 2.24 bits per heavy atom. The predicted octanol–water partition coefficient (Wildman–Crippen LogP) is 1.73. The second-order valence-corrected chi connectivity index (χ2v) is 6.36. The Hall–Kier alpha value is -0.820. The van der Waals surface area contributed by atoms with Crippen molar-refractivity contribution in [3.8, 4) is 0 Å². The third-order valence-corrected chi connectivity index (χ3v) is 4.04. The summed E-state index contributed by atoms with van der Waals surface area (Å²) in [7, 11) is 1.42. The molecular weight excluding hydrogens is 285 g/mol. The molecule has 124 valence electrons. The summed E-state index contributed by atoms with van der Waals surface area (Å²) in [6.45, 7) is 6.40. The van der Waals surface area contributed by atoms with Crippen molar-refractivity contribution >= 4 is 5.91 Å². The van der Waals surface area contributed by atoms with E-state index in [4.69, 9.17) is 5.11 Å². The average Bonchev–Trinajstić information content (AvgIpc) is 2.34. The highest BCUT2D eigenvalue weighted by Crippen LogP contribution is 2.23. The van der Waals surface area contributed by atoms with Gasteiger partial charge in [0.25, 0.3) is 0 Å². The van der Waals surface area contributed by atoms with Gasteiger partial charge in [0, 0.05) is 19.6 Å². The fourth-order valence-electron chi connectivity index (χ4n) is 2.83. The molecule has 0 aliphatic carbocycles.